The molecule has 0 aliphatic carbocycles. The monoisotopic (exact) mass is 276 g/mol. The van der Waals surface area contributed by atoms with Gasteiger partial charge in [0.1, 0.15) is 5.75 Å². The van der Waals surface area contributed by atoms with Crippen molar-refractivity contribution in [2.45, 2.75) is 52.4 Å². The second-order valence-electron chi connectivity index (χ2n) is 6.29. The number of hydrogen-bond donors (Lipinski definition) is 1. The third kappa shape index (κ3) is 5.54. The van der Waals surface area contributed by atoms with E-state index >= 15 is 0 Å². The van der Waals surface area contributed by atoms with Gasteiger partial charge in [0.15, 0.2) is 0 Å². The number of ether oxygens (including phenoxy) is 1. The van der Waals surface area contributed by atoms with Crippen LogP contribution in [0.4, 0.5) is 0 Å². The molecule has 1 aliphatic heterocycles. The molecule has 20 heavy (non-hydrogen) atoms. The maximum atomic E-state index is 5.85. The molecule has 0 bridgehead atoms. The second-order valence-corrected chi connectivity index (χ2v) is 6.29. The molecule has 1 aromatic rings. The molecule has 1 heterocycles. The molecule has 2 nitrogen and oxygen atoms in total. The lowest BCUT2D eigenvalue weighted by molar-refractivity contribution is -0.905. The van der Waals surface area contributed by atoms with Crippen molar-refractivity contribution in [1.29, 1.82) is 0 Å². The fraction of sp³-hybridized carbons (Fsp3) is 0.667. The average Bonchev–Trinajstić information content (AvgIpc) is 2.43. The fourth-order valence-electron chi connectivity index (χ4n) is 3.16. The molecular weight excluding hydrogens is 246 g/mol. The lowest BCUT2D eigenvalue weighted by Crippen LogP contribution is -3.12. The molecule has 1 aromatic carbocycles. The third-order valence-corrected chi connectivity index (χ3v) is 4.20. The SMILES string of the molecule is Cc1cc(C)cc(OCCCCC[NH+]2CCCCC2)c1. The van der Waals surface area contributed by atoms with Crippen LogP contribution in [0.3, 0.4) is 0 Å². The first-order valence-corrected chi connectivity index (χ1v) is 8.29. The van der Waals surface area contributed by atoms with Crippen LogP contribution in [-0.2, 0) is 0 Å². The molecule has 0 saturated carbocycles. The lowest BCUT2D eigenvalue weighted by Gasteiger charge is -2.23. The standard InChI is InChI=1S/C18H29NO/c1-16-13-17(2)15-18(14-16)20-12-8-4-7-11-19-9-5-3-6-10-19/h13-15H,3-12H2,1-2H3/p+1. The largest absolute Gasteiger partial charge is 0.494 e. The molecule has 1 N–H and O–H groups in total. The second kappa shape index (κ2) is 8.31. The number of unbranched alkanes of at least 4 members (excludes halogenated alkanes) is 2. The van der Waals surface area contributed by atoms with Gasteiger partial charge in [0.2, 0.25) is 0 Å². The highest BCUT2D eigenvalue weighted by atomic mass is 16.5. The summed E-state index contributed by atoms with van der Waals surface area (Å²) in [6.45, 7) is 9.28. The zero-order valence-electron chi connectivity index (χ0n) is 13.2. The molecule has 2 rings (SSSR count). The minimum absolute atomic E-state index is 0.859. The van der Waals surface area contributed by atoms with Crippen molar-refractivity contribution < 1.29 is 9.64 Å². The molecule has 1 aliphatic rings. The van der Waals surface area contributed by atoms with Crippen LogP contribution in [0.15, 0.2) is 18.2 Å². The molecule has 1 saturated heterocycles. The zero-order valence-corrected chi connectivity index (χ0v) is 13.2. The van der Waals surface area contributed by atoms with Crippen molar-refractivity contribution in [2.24, 2.45) is 0 Å². The van der Waals surface area contributed by atoms with Crippen LogP contribution in [0.1, 0.15) is 49.7 Å². The van der Waals surface area contributed by atoms with E-state index in [-0.39, 0.29) is 0 Å². The molecule has 112 valence electrons. The van der Waals surface area contributed by atoms with Crippen LogP contribution in [-0.4, -0.2) is 26.2 Å². The van der Waals surface area contributed by atoms with Gasteiger partial charge in [-0.15, -0.1) is 0 Å². The van der Waals surface area contributed by atoms with Crippen molar-refractivity contribution >= 4 is 0 Å². The Labute approximate surface area is 124 Å². The zero-order chi connectivity index (χ0) is 14.2. The predicted molar refractivity (Wildman–Crippen MR) is 84.7 cm³/mol. The van der Waals surface area contributed by atoms with Crippen molar-refractivity contribution in [1.82, 2.24) is 0 Å². The smallest absolute Gasteiger partial charge is 0.119 e. The van der Waals surface area contributed by atoms with Gasteiger partial charge >= 0.3 is 0 Å². The van der Waals surface area contributed by atoms with Gasteiger partial charge in [-0.1, -0.05) is 6.07 Å². The summed E-state index contributed by atoms with van der Waals surface area (Å²) in [4.78, 5) is 1.83. The van der Waals surface area contributed by atoms with Crippen LogP contribution in [0, 0.1) is 13.8 Å². The summed E-state index contributed by atoms with van der Waals surface area (Å²) in [5.74, 6) is 1.03. The van der Waals surface area contributed by atoms with Crippen molar-refractivity contribution in [3.63, 3.8) is 0 Å². The first-order chi connectivity index (χ1) is 9.74. The maximum Gasteiger partial charge on any atom is 0.119 e. The van der Waals surface area contributed by atoms with Crippen molar-refractivity contribution in [2.75, 3.05) is 26.2 Å². The van der Waals surface area contributed by atoms with E-state index in [0.29, 0.717) is 0 Å². The summed E-state index contributed by atoms with van der Waals surface area (Å²) in [6, 6.07) is 6.45. The van der Waals surface area contributed by atoms with E-state index in [2.05, 4.69) is 32.0 Å². The third-order valence-electron chi connectivity index (χ3n) is 4.20. The Balaban J connectivity index is 1.54. The van der Waals surface area contributed by atoms with Crippen LogP contribution in [0.25, 0.3) is 0 Å². The number of likely N-dealkylation sites (tertiary alicyclic amines) is 1. The van der Waals surface area contributed by atoms with E-state index in [0.717, 1.165) is 12.4 Å². The van der Waals surface area contributed by atoms with Gasteiger partial charge in [0, 0.05) is 0 Å². The van der Waals surface area contributed by atoms with Gasteiger partial charge in [-0.2, -0.15) is 0 Å². The predicted octanol–water partition coefficient (Wildman–Crippen LogP) is 2.92. The summed E-state index contributed by atoms with van der Waals surface area (Å²) in [5, 5.41) is 0. The Kier molecular flexibility index (Phi) is 6.38. The van der Waals surface area contributed by atoms with E-state index in [4.69, 9.17) is 4.74 Å². The summed E-state index contributed by atoms with van der Waals surface area (Å²) in [6.07, 6.45) is 8.16. The molecule has 0 spiro atoms. The molecular formula is C18H30NO+. The number of nitrogens with one attached hydrogen (secondary N) is 1. The number of rotatable bonds is 7. The highest BCUT2D eigenvalue weighted by Crippen LogP contribution is 2.16. The molecule has 0 atom stereocenters. The van der Waals surface area contributed by atoms with Gasteiger partial charge in [0.25, 0.3) is 0 Å². The van der Waals surface area contributed by atoms with Crippen molar-refractivity contribution in [3.05, 3.63) is 29.3 Å². The van der Waals surface area contributed by atoms with Crippen LogP contribution in [0.5, 0.6) is 5.75 Å². The number of hydrogen-bond acceptors (Lipinski definition) is 1. The Morgan fingerprint density at radius 1 is 0.900 bits per heavy atom. The number of aryl methyl sites for hydroxylation is 2. The Morgan fingerprint density at radius 3 is 2.30 bits per heavy atom. The molecule has 0 unspecified atom stereocenters. The first kappa shape index (κ1) is 15.4. The Morgan fingerprint density at radius 2 is 1.60 bits per heavy atom. The van der Waals surface area contributed by atoms with E-state index in [1.807, 2.05) is 4.90 Å². The van der Waals surface area contributed by atoms with Gasteiger partial charge < -0.3 is 9.64 Å². The maximum absolute atomic E-state index is 5.85. The van der Waals surface area contributed by atoms with Crippen LogP contribution in [0.2, 0.25) is 0 Å². The summed E-state index contributed by atoms with van der Waals surface area (Å²) < 4.78 is 5.85. The number of piperidine rings is 1. The van der Waals surface area contributed by atoms with E-state index in [9.17, 15) is 0 Å². The lowest BCUT2D eigenvalue weighted by atomic mass is 10.1. The van der Waals surface area contributed by atoms with E-state index < -0.39 is 0 Å². The normalized spacial score (nSPS) is 16.3. The first-order valence-electron chi connectivity index (χ1n) is 8.29. The Bertz CT molecular complexity index is 376. The topological polar surface area (TPSA) is 13.7 Å². The molecule has 2 heteroatoms. The average molecular weight is 276 g/mol. The minimum Gasteiger partial charge on any atom is -0.494 e. The summed E-state index contributed by atoms with van der Waals surface area (Å²) in [5.41, 5.74) is 2.57. The van der Waals surface area contributed by atoms with Crippen LogP contribution < -0.4 is 9.64 Å². The number of quaternary nitrogens is 1. The molecule has 1 fully saturated rings. The summed E-state index contributed by atoms with van der Waals surface area (Å²) >= 11 is 0. The van der Waals surface area contributed by atoms with E-state index in [1.165, 1.54) is 69.3 Å². The highest BCUT2D eigenvalue weighted by Gasteiger charge is 2.12. The van der Waals surface area contributed by atoms with Crippen molar-refractivity contribution in [3.8, 4) is 5.75 Å². The van der Waals surface area contributed by atoms with E-state index in [1.54, 1.807) is 0 Å². The molecule has 0 radical (unpaired) electrons. The fourth-order valence-corrected chi connectivity index (χ4v) is 3.16. The van der Waals surface area contributed by atoms with Gasteiger partial charge in [-0.25, -0.2) is 0 Å². The summed E-state index contributed by atoms with van der Waals surface area (Å²) in [7, 11) is 0. The van der Waals surface area contributed by atoms with Crippen LogP contribution >= 0.6 is 0 Å². The van der Waals surface area contributed by atoms with Gasteiger partial charge in [0.05, 0.1) is 26.2 Å². The molecule has 0 aromatic heterocycles. The Hall–Kier alpha value is -1.02. The minimum atomic E-state index is 0.859. The number of benzene rings is 1. The molecule has 0 amide bonds. The highest BCUT2D eigenvalue weighted by molar-refractivity contribution is 5.32. The van der Waals surface area contributed by atoms with Gasteiger partial charge in [-0.3, -0.25) is 0 Å². The quantitative estimate of drug-likeness (QED) is 0.756. The van der Waals surface area contributed by atoms with Gasteiger partial charge in [-0.05, 0) is 75.6 Å².